The van der Waals surface area contributed by atoms with Gasteiger partial charge in [-0.1, -0.05) is 338 Å². The molecule has 2 rings (SSSR count). The first-order valence-electron chi connectivity index (χ1n) is 32.8. The maximum atomic E-state index is 5.23. The van der Waals surface area contributed by atoms with Gasteiger partial charge in [-0.2, -0.15) is 0 Å². The van der Waals surface area contributed by atoms with E-state index in [1.165, 1.54) is 294 Å². The molecule has 416 valence electrons. The molecule has 0 aliphatic rings. The summed E-state index contributed by atoms with van der Waals surface area (Å²) in [6.07, 6.45) is 77.7. The number of unbranched alkanes of at least 4 members (excludes halogenated alkanes) is 42. The average Bonchev–Trinajstić information content (AvgIpc) is 3.40. The molecule has 0 amide bonds. The summed E-state index contributed by atoms with van der Waals surface area (Å²) in [6.45, 7) is 8.97. The first-order chi connectivity index (χ1) is 36.2. The van der Waals surface area contributed by atoms with Crippen LogP contribution in [0.3, 0.4) is 0 Å². The van der Waals surface area contributed by atoms with Crippen molar-refractivity contribution in [3.8, 4) is 0 Å². The van der Waals surface area contributed by atoms with Crippen molar-refractivity contribution in [2.24, 2.45) is 9.98 Å². The van der Waals surface area contributed by atoms with Crippen LogP contribution < -0.4 is 0 Å². The number of benzene rings is 2. The summed E-state index contributed by atoms with van der Waals surface area (Å²) >= 11 is 0. The van der Waals surface area contributed by atoms with Crippen LogP contribution in [0, 0.1) is 0 Å². The van der Waals surface area contributed by atoms with E-state index in [9.17, 15) is 0 Å². The molecule has 2 heteroatoms. The van der Waals surface area contributed by atoms with Gasteiger partial charge in [0.1, 0.15) is 0 Å². The van der Waals surface area contributed by atoms with Crippen molar-refractivity contribution >= 4 is 22.8 Å². The van der Waals surface area contributed by atoms with Gasteiger partial charge in [0, 0.05) is 0 Å². The standard InChI is InChI=1S/C71H122N2/c1-5-8-10-12-14-16-18-20-22-24-26-28-30-32-34-36-38-40-42-44-46-48-50-52-54-60-67-62-56-58-64-70(67)72-66(4)69(7-3)73-71-65-59-57-63-68(71)61-55-53-51-49-47-45-43-41-39-37-35-33-31-29-27-25-23-21-19-17-15-13-11-9-6-2/h50-53,56-59,62-65H,5-49,54-55,60-61H2,1-4H3/b52-50+,53-51+,72-66?,73-69?. The maximum Gasteiger partial charge on any atom is 0.0665 e. The Labute approximate surface area is 456 Å². The van der Waals surface area contributed by atoms with Gasteiger partial charge in [0.15, 0.2) is 0 Å². The van der Waals surface area contributed by atoms with E-state index < -0.39 is 0 Å². The number of nitrogens with zero attached hydrogens (tertiary/aromatic N) is 2. The first kappa shape index (κ1) is 66.4. The molecule has 0 spiro atoms. The Balaban J connectivity index is 1.51. The van der Waals surface area contributed by atoms with Gasteiger partial charge in [-0.05, 0) is 88.0 Å². The summed E-state index contributed by atoms with van der Waals surface area (Å²) in [6, 6.07) is 17.5. The summed E-state index contributed by atoms with van der Waals surface area (Å²) < 4.78 is 0. The molecule has 0 radical (unpaired) electrons. The minimum atomic E-state index is 0.869. The second-order valence-electron chi connectivity index (χ2n) is 22.6. The molecule has 2 aromatic carbocycles. The topological polar surface area (TPSA) is 24.7 Å². The molecule has 73 heavy (non-hydrogen) atoms. The van der Waals surface area contributed by atoms with Crippen molar-refractivity contribution in [3.05, 3.63) is 84.0 Å². The van der Waals surface area contributed by atoms with Crippen molar-refractivity contribution < 1.29 is 0 Å². The molecular formula is C71H122N2. The third-order valence-electron chi connectivity index (χ3n) is 15.7. The van der Waals surface area contributed by atoms with Crippen LogP contribution >= 0.6 is 0 Å². The fraction of sp³-hybridized carbons (Fsp3) is 0.746. The zero-order chi connectivity index (χ0) is 52.0. The highest BCUT2D eigenvalue weighted by Crippen LogP contribution is 2.25. The molecule has 2 aromatic rings. The van der Waals surface area contributed by atoms with Gasteiger partial charge in [-0.3, -0.25) is 9.98 Å². The molecule has 0 bridgehead atoms. The SMILES string of the molecule is CCCCCCCCCCCCCCCCCCCCCCC/C=C/CCc1ccccc1N=C(C)C(CC)=Nc1ccccc1CC/C=C/CCCCCCCCCCCCCCCCCCCCCCC. The van der Waals surface area contributed by atoms with Gasteiger partial charge in [-0.15, -0.1) is 0 Å². The van der Waals surface area contributed by atoms with Crippen LogP contribution in [-0.2, 0) is 12.8 Å². The van der Waals surface area contributed by atoms with E-state index in [1.807, 2.05) is 0 Å². The highest BCUT2D eigenvalue weighted by molar-refractivity contribution is 6.42. The molecule has 0 saturated carbocycles. The van der Waals surface area contributed by atoms with Gasteiger partial charge in [-0.25, -0.2) is 0 Å². The van der Waals surface area contributed by atoms with Crippen LogP contribution in [0.1, 0.15) is 341 Å². The summed E-state index contributed by atoms with van der Waals surface area (Å²) in [4.78, 5) is 10.4. The Morgan fingerprint density at radius 2 is 0.548 bits per heavy atom. The Hall–Kier alpha value is -2.74. The smallest absolute Gasteiger partial charge is 0.0665 e. The van der Waals surface area contributed by atoms with Gasteiger partial charge in [0.05, 0.1) is 22.8 Å². The van der Waals surface area contributed by atoms with Crippen LogP contribution in [-0.4, -0.2) is 11.4 Å². The highest BCUT2D eigenvalue weighted by Gasteiger charge is 2.08. The lowest BCUT2D eigenvalue weighted by atomic mass is 10.0. The van der Waals surface area contributed by atoms with Crippen LogP contribution in [0.5, 0.6) is 0 Å². The molecule has 0 heterocycles. The quantitative estimate of drug-likeness (QED) is 0.0358. The first-order valence-corrected chi connectivity index (χ1v) is 32.8. The summed E-state index contributed by atoms with van der Waals surface area (Å²) in [5.41, 5.74) is 6.96. The Morgan fingerprint density at radius 1 is 0.301 bits per heavy atom. The largest absolute Gasteiger partial charge is 0.252 e. The summed E-state index contributed by atoms with van der Waals surface area (Å²) in [5, 5.41) is 0. The van der Waals surface area contributed by atoms with Gasteiger partial charge in [0.2, 0.25) is 0 Å². The zero-order valence-corrected chi connectivity index (χ0v) is 49.5. The fourth-order valence-corrected chi connectivity index (χ4v) is 10.8. The van der Waals surface area contributed by atoms with E-state index in [1.54, 1.807) is 0 Å². The van der Waals surface area contributed by atoms with Gasteiger partial charge in [0.25, 0.3) is 0 Å². The number of aliphatic imine (C=N–C) groups is 2. The van der Waals surface area contributed by atoms with E-state index in [4.69, 9.17) is 9.98 Å². The van der Waals surface area contributed by atoms with Crippen LogP contribution in [0.15, 0.2) is 82.8 Å². The second kappa shape index (κ2) is 52.7. The van der Waals surface area contributed by atoms with E-state index in [0.29, 0.717) is 0 Å². The van der Waals surface area contributed by atoms with E-state index >= 15 is 0 Å². The minimum Gasteiger partial charge on any atom is -0.252 e. The Bertz CT molecular complexity index is 1590. The number of rotatable bonds is 54. The molecule has 0 fully saturated rings. The Morgan fingerprint density at radius 3 is 0.836 bits per heavy atom. The number of para-hydroxylation sites is 2. The minimum absolute atomic E-state index is 0.869. The normalized spacial score (nSPS) is 12.4. The van der Waals surface area contributed by atoms with Crippen molar-refractivity contribution in [1.29, 1.82) is 0 Å². The summed E-state index contributed by atoms with van der Waals surface area (Å²) in [7, 11) is 0. The second-order valence-corrected chi connectivity index (χ2v) is 22.6. The number of allylic oxidation sites excluding steroid dienone is 4. The highest BCUT2D eigenvalue weighted by atomic mass is 14.8. The van der Waals surface area contributed by atoms with E-state index in [0.717, 1.165) is 54.9 Å². The number of hydrogen-bond acceptors (Lipinski definition) is 2. The van der Waals surface area contributed by atoms with Crippen molar-refractivity contribution in [2.45, 2.75) is 342 Å². The van der Waals surface area contributed by atoms with Crippen molar-refractivity contribution in [3.63, 3.8) is 0 Å². The lowest BCUT2D eigenvalue weighted by Crippen LogP contribution is -2.09. The van der Waals surface area contributed by atoms with E-state index in [2.05, 4.69) is 101 Å². The monoisotopic (exact) mass is 1000 g/mol. The lowest BCUT2D eigenvalue weighted by molar-refractivity contribution is 0.520. The molecule has 0 saturated heterocycles. The van der Waals surface area contributed by atoms with Crippen LogP contribution in [0.2, 0.25) is 0 Å². The molecule has 0 aliphatic heterocycles. The fourth-order valence-electron chi connectivity index (χ4n) is 10.8. The molecule has 0 unspecified atom stereocenters. The maximum absolute atomic E-state index is 5.23. The predicted octanol–water partition coefficient (Wildman–Crippen LogP) is 25.1. The molecule has 0 atom stereocenters. The van der Waals surface area contributed by atoms with Crippen molar-refractivity contribution in [1.82, 2.24) is 0 Å². The third-order valence-corrected chi connectivity index (χ3v) is 15.7. The summed E-state index contributed by atoms with van der Waals surface area (Å²) in [5.74, 6) is 0. The van der Waals surface area contributed by atoms with Gasteiger partial charge < -0.3 is 0 Å². The van der Waals surface area contributed by atoms with Crippen LogP contribution in [0.25, 0.3) is 0 Å². The zero-order valence-electron chi connectivity index (χ0n) is 49.5. The number of hydrogen-bond donors (Lipinski definition) is 0. The predicted molar refractivity (Wildman–Crippen MR) is 332 cm³/mol. The molecule has 0 N–H and O–H groups in total. The van der Waals surface area contributed by atoms with E-state index in [-0.39, 0.29) is 0 Å². The lowest BCUT2D eigenvalue weighted by Gasteiger charge is -2.10. The molecule has 2 nitrogen and oxygen atoms in total. The van der Waals surface area contributed by atoms with Crippen LogP contribution in [0.4, 0.5) is 11.4 Å². The average molecular weight is 1000 g/mol. The molecule has 0 aromatic heterocycles. The Kier molecular flexibility index (Phi) is 47.9. The third kappa shape index (κ3) is 41.1. The molecule has 0 aliphatic carbocycles. The molecular weight excluding hydrogens is 881 g/mol. The van der Waals surface area contributed by atoms with Gasteiger partial charge >= 0.3 is 0 Å². The van der Waals surface area contributed by atoms with Crippen molar-refractivity contribution in [2.75, 3.05) is 0 Å². The number of aryl methyl sites for hydroxylation is 2.